The summed E-state index contributed by atoms with van der Waals surface area (Å²) < 4.78 is 5.55. The number of benzene rings is 2. The van der Waals surface area contributed by atoms with Gasteiger partial charge in [-0.1, -0.05) is 30.3 Å². The van der Waals surface area contributed by atoms with Crippen LogP contribution in [0.15, 0.2) is 48.5 Å². The maximum absolute atomic E-state index is 12.4. The molecule has 180 valence electrons. The molecule has 0 radical (unpaired) electrons. The van der Waals surface area contributed by atoms with E-state index in [4.69, 9.17) is 4.74 Å². The van der Waals surface area contributed by atoms with E-state index in [0.29, 0.717) is 0 Å². The van der Waals surface area contributed by atoms with Gasteiger partial charge in [0.05, 0.1) is 18.8 Å². The van der Waals surface area contributed by atoms with Crippen molar-refractivity contribution in [2.45, 2.75) is 38.6 Å². The maximum atomic E-state index is 12.4. The predicted molar refractivity (Wildman–Crippen MR) is 138 cm³/mol. The second kappa shape index (κ2) is 10.1. The van der Waals surface area contributed by atoms with Crippen LogP contribution in [-0.4, -0.2) is 67.1 Å². The molecular formula is C28H36N4O2. The number of rotatable bonds is 7. The Labute approximate surface area is 202 Å². The topological polar surface area (TPSA) is 51.8 Å². The number of anilines is 1. The van der Waals surface area contributed by atoms with Crippen LogP contribution in [0.3, 0.4) is 0 Å². The molecule has 5 rings (SSSR count). The number of ether oxygens (including phenoxy) is 1. The second-order valence-corrected chi connectivity index (χ2v) is 9.54. The standard InChI is InChI=1S/C28H36N4O2/c1-21(33)32-16-14-23-22-9-3-4-10-24(22)29-28(23)26(32)12-7-8-15-30-17-19-31(20-18-30)25-11-5-6-13-27(25)34-2/h3-6,9-11,13,26,29H,7-8,12,14-20H2,1-2H3. The van der Waals surface area contributed by atoms with Gasteiger partial charge in [0.15, 0.2) is 0 Å². The summed E-state index contributed by atoms with van der Waals surface area (Å²) >= 11 is 0. The first kappa shape index (κ1) is 22.8. The number of methoxy groups -OCH3 is 1. The van der Waals surface area contributed by atoms with E-state index in [9.17, 15) is 4.79 Å². The van der Waals surface area contributed by atoms with Gasteiger partial charge in [-0.15, -0.1) is 0 Å². The maximum Gasteiger partial charge on any atom is 0.220 e. The molecule has 0 aliphatic carbocycles. The van der Waals surface area contributed by atoms with Gasteiger partial charge < -0.3 is 19.5 Å². The van der Waals surface area contributed by atoms with Gasteiger partial charge in [-0.3, -0.25) is 9.69 Å². The summed E-state index contributed by atoms with van der Waals surface area (Å²) in [7, 11) is 1.74. The van der Waals surface area contributed by atoms with Crippen LogP contribution in [0.25, 0.3) is 10.9 Å². The van der Waals surface area contributed by atoms with Crippen LogP contribution in [0.4, 0.5) is 5.69 Å². The van der Waals surface area contributed by atoms with Gasteiger partial charge in [0.1, 0.15) is 5.75 Å². The number of amides is 1. The third kappa shape index (κ3) is 4.51. The molecule has 2 aliphatic heterocycles. The first-order valence-corrected chi connectivity index (χ1v) is 12.6. The fraction of sp³-hybridized carbons (Fsp3) is 0.464. The Hall–Kier alpha value is -2.99. The SMILES string of the molecule is COc1ccccc1N1CCN(CCCCC2c3[nH]c4ccccc4c3CCN2C(C)=O)CC1. The number of nitrogens with zero attached hydrogens (tertiary/aromatic N) is 3. The zero-order valence-corrected chi connectivity index (χ0v) is 20.4. The number of nitrogens with one attached hydrogen (secondary N) is 1. The molecule has 1 unspecified atom stereocenters. The number of aromatic nitrogens is 1. The van der Waals surface area contributed by atoms with Crippen molar-refractivity contribution in [3.8, 4) is 5.75 Å². The van der Waals surface area contributed by atoms with Gasteiger partial charge >= 0.3 is 0 Å². The molecule has 0 saturated carbocycles. The van der Waals surface area contributed by atoms with Crippen molar-refractivity contribution >= 4 is 22.5 Å². The largest absolute Gasteiger partial charge is 0.495 e. The van der Waals surface area contributed by atoms with Crippen molar-refractivity contribution in [2.24, 2.45) is 0 Å². The van der Waals surface area contributed by atoms with E-state index >= 15 is 0 Å². The van der Waals surface area contributed by atoms with Crippen molar-refractivity contribution in [3.05, 3.63) is 59.8 Å². The molecule has 3 aromatic rings. The second-order valence-electron chi connectivity index (χ2n) is 9.54. The molecule has 6 nitrogen and oxygen atoms in total. The molecule has 2 aliphatic rings. The van der Waals surface area contributed by atoms with E-state index in [2.05, 4.69) is 56.1 Å². The van der Waals surface area contributed by atoms with E-state index in [1.165, 1.54) is 27.8 Å². The number of piperazine rings is 1. The minimum atomic E-state index is 0.163. The molecule has 1 aromatic heterocycles. The van der Waals surface area contributed by atoms with Crippen molar-refractivity contribution in [3.63, 3.8) is 0 Å². The number of carbonyl (C=O) groups is 1. The molecule has 0 bridgehead atoms. The zero-order chi connectivity index (χ0) is 23.5. The van der Waals surface area contributed by atoms with Gasteiger partial charge in [-0.05, 0) is 56.0 Å². The fourth-order valence-electron chi connectivity index (χ4n) is 5.77. The van der Waals surface area contributed by atoms with E-state index in [0.717, 1.165) is 70.7 Å². The van der Waals surface area contributed by atoms with Crippen molar-refractivity contribution in [1.82, 2.24) is 14.8 Å². The lowest BCUT2D eigenvalue weighted by Crippen LogP contribution is -2.46. The number of para-hydroxylation sites is 3. The summed E-state index contributed by atoms with van der Waals surface area (Å²) in [5.74, 6) is 1.14. The molecular weight excluding hydrogens is 424 g/mol. The zero-order valence-electron chi connectivity index (χ0n) is 20.4. The normalized spacial score (nSPS) is 18.8. The number of fused-ring (bicyclic) bond motifs is 3. The van der Waals surface area contributed by atoms with Gasteiger partial charge in [0, 0.05) is 56.2 Å². The first-order chi connectivity index (χ1) is 16.7. The summed E-state index contributed by atoms with van der Waals surface area (Å²) in [4.78, 5) is 23.1. The molecule has 1 N–H and O–H groups in total. The van der Waals surface area contributed by atoms with E-state index in [-0.39, 0.29) is 11.9 Å². The third-order valence-electron chi connectivity index (χ3n) is 7.56. The van der Waals surface area contributed by atoms with Crippen LogP contribution >= 0.6 is 0 Å². The molecule has 1 amide bonds. The Morgan fingerprint density at radius 3 is 2.56 bits per heavy atom. The molecule has 2 aromatic carbocycles. The van der Waals surface area contributed by atoms with E-state index in [1.807, 2.05) is 12.1 Å². The Morgan fingerprint density at radius 1 is 1.00 bits per heavy atom. The van der Waals surface area contributed by atoms with Crippen LogP contribution in [-0.2, 0) is 11.2 Å². The molecule has 1 fully saturated rings. The lowest BCUT2D eigenvalue weighted by atomic mass is 9.93. The van der Waals surface area contributed by atoms with E-state index in [1.54, 1.807) is 14.0 Å². The average molecular weight is 461 g/mol. The van der Waals surface area contributed by atoms with Crippen molar-refractivity contribution < 1.29 is 9.53 Å². The van der Waals surface area contributed by atoms with E-state index < -0.39 is 0 Å². The molecule has 1 saturated heterocycles. The average Bonchev–Trinajstić information content (AvgIpc) is 3.26. The molecule has 0 spiro atoms. The minimum absolute atomic E-state index is 0.163. The van der Waals surface area contributed by atoms with Crippen LogP contribution < -0.4 is 9.64 Å². The van der Waals surface area contributed by atoms with Crippen LogP contribution in [0.2, 0.25) is 0 Å². The first-order valence-electron chi connectivity index (χ1n) is 12.6. The number of unbranched alkanes of at least 4 members (excludes halogenated alkanes) is 1. The fourth-order valence-corrected chi connectivity index (χ4v) is 5.77. The highest BCUT2D eigenvalue weighted by Crippen LogP contribution is 2.37. The summed E-state index contributed by atoms with van der Waals surface area (Å²) in [5, 5.41) is 1.32. The number of aromatic amines is 1. The van der Waals surface area contributed by atoms with Gasteiger partial charge in [-0.2, -0.15) is 0 Å². The van der Waals surface area contributed by atoms with Crippen molar-refractivity contribution in [1.29, 1.82) is 0 Å². The summed E-state index contributed by atoms with van der Waals surface area (Å²) in [6.07, 6.45) is 4.23. The highest BCUT2D eigenvalue weighted by atomic mass is 16.5. The Bertz CT molecular complexity index is 1130. The summed E-state index contributed by atoms with van der Waals surface area (Å²) in [6, 6.07) is 17.0. The molecule has 1 atom stereocenters. The lowest BCUT2D eigenvalue weighted by Gasteiger charge is -2.37. The Balaban J connectivity index is 1.16. The van der Waals surface area contributed by atoms with Crippen LogP contribution in [0, 0.1) is 0 Å². The molecule has 3 heterocycles. The van der Waals surface area contributed by atoms with Crippen molar-refractivity contribution in [2.75, 3.05) is 51.3 Å². The number of hydrogen-bond acceptors (Lipinski definition) is 4. The molecule has 6 heteroatoms. The quantitative estimate of drug-likeness (QED) is 0.523. The highest BCUT2D eigenvalue weighted by Gasteiger charge is 2.31. The van der Waals surface area contributed by atoms with Gasteiger partial charge in [0.2, 0.25) is 5.91 Å². The van der Waals surface area contributed by atoms with Crippen LogP contribution in [0.5, 0.6) is 5.75 Å². The minimum Gasteiger partial charge on any atom is -0.495 e. The van der Waals surface area contributed by atoms with Gasteiger partial charge in [0.25, 0.3) is 0 Å². The summed E-state index contributed by atoms with van der Waals surface area (Å²) in [6.45, 7) is 7.85. The monoisotopic (exact) mass is 460 g/mol. The summed E-state index contributed by atoms with van der Waals surface area (Å²) in [5.41, 5.74) is 5.05. The van der Waals surface area contributed by atoms with Crippen LogP contribution in [0.1, 0.15) is 43.5 Å². The highest BCUT2D eigenvalue weighted by molar-refractivity contribution is 5.86. The number of hydrogen-bond donors (Lipinski definition) is 1. The molecule has 34 heavy (non-hydrogen) atoms. The third-order valence-corrected chi connectivity index (χ3v) is 7.56. The number of carbonyl (C=O) groups excluding carboxylic acids is 1. The van der Waals surface area contributed by atoms with Gasteiger partial charge in [-0.25, -0.2) is 0 Å². The number of H-pyrrole nitrogens is 1. The Kier molecular flexibility index (Phi) is 6.77. The Morgan fingerprint density at radius 2 is 1.76 bits per heavy atom. The predicted octanol–water partition coefficient (Wildman–Crippen LogP) is 4.61. The lowest BCUT2D eigenvalue weighted by molar-refractivity contribution is -0.132. The smallest absolute Gasteiger partial charge is 0.220 e.